The highest BCUT2D eigenvalue weighted by molar-refractivity contribution is 7.92. The number of para-hydroxylation sites is 3. The molecule has 2 heterocycles. The van der Waals surface area contributed by atoms with Crippen molar-refractivity contribution in [3.8, 4) is 5.75 Å². The molecule has 36 heavy (non-hydrogen) atoms. The number of morpholine rings is 1. The van der Waals surface area contributed by atoms with Crippen LogP contribution in [-0.2, 0) is 30.7 Å². The number of ether oxygens (including phenoxy) is 2. The van der Waals surface area contributed by atoms with E-state index in [2.05, 4.69) is 5.32 Å². The summed E-state index contributed by atoms with van der Waals surface area (Å²) in [6.07, 6.45) is 1.31. The molecule has 4 rings (SSSR count). The van der Waals surface area contributed by atoms with E-state index in [1.165, 1.54) is 6.20 Å². The van der Waals surface area contributed by atoms with E-state index in [4.69, 9.17) is 9.47 Å². The van der Waals surface area contributed by atoms with E-state index >= 15 is 0 Å². The molecular weight excluding hydrogens is 482 g/mol. The van der Waals surface area contributed by atoms with Gasteiger partial charge in [0.25, 0.3) is 0 Å². The Bertz CT molecular complexity index is 1360. The molecule has 0 aliphatic carbocycles. The van der Waals surface area contributed by atoms with Crippen molar-refractivity contribution in [3.63, 3.8) is 0 Å². The Kier molecular flexibility index (Phi) is 7.65. The first-order valence-corrected chi connectivity index (χ1v) is 13.6. The third-order valence-corrected chi connectivity index (χ3v) is 7.58. The van der Waals surface area contributed by atoms with Crippen LogP contribution in [0.3, 0.4) is 0 Å². The summed E-state index contributed by atoms with van der Waals surface area (Å²) in [4.78, 5) is 27.5. The molecule has 2 aromatic carbocycles. The van der Waals surface area contributed by atoms with Crippen LogP contribution in [0.15, 0.2) is 59.6 Å². The number of anilines is 1. The molecule has 2 atom stereocenters. The van der Waals surface area contributed by atoms with E-state index in [1.807, 2.05) is 20.8 Å². The van der Waals surface area contributed by atoms with Gasteiger partial charge >= 0.3 is 0 Å². The predicted molar refractivity (Wildman–Crippen MR) is 137 cm³/mol. The summed E-state index contributed by atoms with van der Waals surface area (Å²) < 4.78 is 39.5. The molecule has 0 bridgehead atoms. The highest BCUT2D eigenvalue weighted by atomic mass is 32.2. The van der Waals surface area contributed by atoms with Crippen LogP contribution in [0.4, 0.5) is 5.69 Å². The lowest BCUT2D eigenvalue weighted by Crippen LogP contribution is -2.49. The molecule has 10 heteroatoms. The Balaban J connectivity index is 1.56. The molecule has 1 saturated heterocycles. The monoisotopic (exact) mass is 513 g/mol. The Morgan fingerprint density at radius 2 is 1.72 bits per heavy atom. The van der Waals surface area contributed by atoms with E-state index in [-0.39, 0.29) is 29.6 Å². The maximum Gasteiger partial charge on any atom is 0.242 e. The average Bonchev–Trinajstić information content (AvgIpc) is 3.19. The van der Waals surface area contributed by atoms with E-state index < -0.39 is 21.5 Å². The van der Waals surface area contributed by atoms with Crippen LogP contribution in [0.5, 0.6) is 5.75 Å². The van der Waals surface area contributed by atoms with Gasteiger partial charge in [-0.1, -0.05) is 30.3 Å². The van der Waals surface area contributed by atoms with Gasteiger partial charge in [-0.2, -0.15) is 0 Å². The number of nitrogens with zero attached hydrogens (tertiary/aromatic N) is 2. The lowest BCUT2D eigenvalue weighted by molar-refractivity contribution is -0.143. The molecule has 1 aliphatic rings. The summed E-state index contributed by atoms with van der Waals surface area (Å²) in [6.45, 7) is 7.03. The first kappa shape index (κ1) is 25.7. The zero-order chi connectivity index (χ0) is 25.9. The Hall–Kier alpha value is -3.37. The van der Waals surface area contributed by atoms with Gasteiger partial charge in [0.15, 0.2) is 9.84 Å². The molecular formula is C26H31N3O6S. The van der Waals surface area contributed by atoms with Gasteiger partial charge in [0.05, 0.1) is 29.4 Å². The molecule has 192 valence electrons. The summed E-state index contributed by atoms with van der Waals surface area (Å²) in [6, 6.07) is 13.8. The fourth-order valence-corrected chi connectivity index (χ4v) is 5.88. The summed E-state index contributed by atoms with van der Waals surface area (Å²) in [5, 5.41) is 3.11. The minimum atomic E-state index is -4.01. The summed E-state index contributed by atoms with van der Waals surface area (Å²) in [7, 11) is -4.01. The van der Waals surface area contributed by atoms with Gasteiger partial charge in [-0.05, 0) is 39.0 Å². The Labute approximate surface area is 210 Å². The summed E-state index contributed by atoms with van der Waals surface area (Å²) >= 11 is 0. The number of nitrogens with one attached hydrogen (secondary N) is 1. The molecule has 2 amide bonds. The molecule has 1 aliphatic heterocycles. The van der Waals surface area contributed by atoms with Crippen LogP contribution in [0.2, 0.25) is 0 Å². The van der Waals surface area contributed by atoms with Crippen LogP contribution in [-0.4, -0.2) is 67.4 Å². The van der Waals surface area contributed by atoms with Crippen LogP contribution >= 0.6 is 0 Å². The van der Waals surface area contributed by atoms with Crippen molar-refractivity contribution in [2.24, 2.45) is 0 Å². The fourth-order valence-electron chi connectivity index (χ4n) is 4.51. The number of carbonyl (C=O) groups excluding carboxylic acids is 2. The predicted octanol–water partition coefficient (Wildman–Crippen LogP) is 3.09. The van der Waals surface area contributed by atoms with Crippen molar-refractivity contribution in [1.82, 2.24) is 9.47 Å². The van der Waals surface area contributed by atoms with Crippen molar-refractivity contribution in [3.05, 3.63) is 54.7 Å². The highest BCUT2D eigenvalue weighted by Crippen LogP contribution is 2.28. The topological polar surface area (TPSA) is 107 Å². The Morgan fingerprint density at radius 1 is 1.06 bits per heavy atom. The molecule has 0 saturated carbocycles. The number of aromatic nitrogens is 1. The minimum absolute atomic E-state index is 0.0105. The second kappa shape index (κ2) is 10.7. The first-order chi connectivity index (χ1) is 17.2. The molecule has 9 nitrogen and oxygen atoms in total. The van der Waals surface area contributed by atoms with Crippen molar-refractivity contribution < 1.29 is 27.5 Å². The molecule has 1 fully saturated rings. The van der Waals surface area contributed by atoms with Gasteiger partial charge in [0.1, 0.15) is 18.0 Å². The SMILES string of the molecule is CCOc1ccccc1NC(=O)CS(=O)(=O)c1cn(CC(=O)N2CC(C)OC(C)C2)c2ccccc12. The van der Waals surface area contributed by atoms with Crippen LogP contribution in [0, 0.1) is 0 Å². The average molecular weight is 514 g/mol. The molecule has 3 aromatic rings. The number of rotatable bonds is 8. The fraction of sp³-hybridized carbons (Fsp3) is 0.385. The number of sulfone groups is 1. The highest BCUT2D eigenvalue weighted by Gasteiger charge is 2.28. The second-order valence-electron chi connectivity index (χ2n) is 8.93. The van der Waals surface area contributed by atoms with E-state index in [1.54, 1.807) is 58.0 Å². The zero-order valence-electron chi connectivity index (χ0n) is 20.6. The molecule has 0 radical (unpaired) electrons. The number of benzene rings is 2. The second-order valence-corrected chi connectivity index (χ2v) is 10.9. The molecule has 1 N–H and O–H groups in total. The van der Waals surface area contributed by atoms with Crippen LogP contribution < -0.4 is 10.1 Å². The van der Waals surface area contributed by atoms with Crippen LogP contribution in [0.1, 0.15) is 20.8 Å². The summed E-state index contributed by atoms with van der Waals surface area (Å²) in [5.74, 6) is -1.07. The quantitative estimate of drug-likeness (QED) is 0.496. The van der Waals surface area contributed by atoms with Crippen molar-refractivity contribution in [1.29, 1.82) is 0 Å². The van der Waals surface area contributed by atoms with Gasteiger partial charge in [0, 0.05) is 30.2 Å². The number of fused-ring (bicyclic) bond motifs is 1. The van der Waals surface area contributed by atoms with Gasteiger partial charge in [-0.15, -0.1) is 0 Å². The maximum atomic E-state index is 13.3. The standard InChI is InChI=1S/C26H31N3O6S/c1-4-34-23-12-8-6-10-21(23)27-25(30)17-36(32,33)24-15-28(22-11-7-5-9-20(22)24)16-26(31)29-13-18(2)35-19(3)14-29/h5-12,15,18-19H,4,13-14,16-17H2,1-3H3,(H,27,30). The smallest absolute Gasteiger partial charge is 0.242 e. The normalized spacial score (nSPS) is 18.2. The lowest BCUT2D eigenvalue weighted by atomic mass is 10.2. The molecule has 0 spiro atoms. The van der Waals surface area contributed by atoms with Crippen molar-refractivity contribution in [2.45, 2.75) is 44.4 Å². The zero-order valence-corrected chi connectivity index (χ0v) is 21.5. The van der Waals surface area contributed by atoms with Gasteiger partial charge in [-0.3, -0.25) is 9.59 Å². The summed E-state index contributed by atoms with van der Waals surface area (Å²) in [5.41, 5.74) is 1.02. The van der Waals surface area contributed by atoms with E-state index in [9.17, 15) is 18.0 Å². The number of amides is 2. The lowest BCUT2D eigenvalue weighted by Gasteiger charge is -2.35. The first-order valence-electron chi connectivity index (χ1n) is 11.9. The van der Waals surface area contributed by atoms with Crippen molar-refractivity contribution in [2.75, 3.05) is 30.8 Å². The number of hydrogen-bond acceptors (Lipinski definition) is 6. The largest absolute Gasteiger partial charge is 0.492 e. The Morgan fingerprint density at radius 3 is 2.44 bits per heavy atom. The molecule has 1 aromatic heterocycles. The van der Waals surface area contributed by atoms with Gasteiger partial charge in [0.2, 0.25) is 11.8 Å². The van der Waals surface area contributed by atoms with Gasteiger partial charge in [-0.25, -0.2) is 8.42 Å². The maximum absolute atomic E-state index is 13.3. The van der Waals surface area contributed by atoms with E-state index in [0.29, 0.717) is 42.0 Å². The minimum Gasteiger partial charge on any atom is -0.492 e. The number of carbonyl (C=O) groups is 2. The van der Waals surface area contributed by atoms with E-state index in [0.717, 1.165) is 0 Å². The van der Waals surface area contributed by atoms with Gasteiger partial charge < -0.3 is 24.3 Å². The molecule has 2 unspecified atom stereocenters. The third-order valence-electron chi connectivity index (χ3n) is 5.95. The number of hydrogen-bond donors (Lipinski definition) is 1. The van der Waals surface area contributed by atoms with Crippen molar-refractivity contribution >= 4 is 38.2 Å². The van der Waals surface area contributed by atoms with Crippen LogP contribution in [0.25, 0.3) is 10.9 Å². The third kappa shape index (κ3) is 5.71.